The first-order valence-corrected chi connectivity index (χ1v) is 17.3. The zero-order valence-corrected chi connectivity index (χ0v) is 26.8. The van der Waals surface area contributed by atoms with Crippen LogP contribution in [0.25, 0.3) is 40.3 Å². The van der Waals surface area contributed by atoms with Crippen LogP contribution < -0.4 is 14.5 Å². The van der Waals surface area contributed by atoms with Crippen molar-refractivity contribution in [2.45, 2.75) is 0 Å². The van der Waals surface area contributed by atoms with Gasteiger partial charge < -0.3 is 14.5 Å². The van der Waals surface area contributed by atoms with E-state index in [1.807, 2.05) is 28.7 Å². The van der Waals surface area contributed by atoms with Crippen LogP contribution in [0.2, 0.25) is 0 Å². The molecule has 222 valence electrons. The van der Waals surface area contributed by atoms with Crippen molar-refractivity contribution in [1.29, 1.82) is 0 Å². The van der Waals surface area contributed by atoms with Crippen molar-refractivity contribution in [1.82, 2.24) is 0 Å². The molecule has 2 aromatic heterocycles. The van der Waals surface area contributed by atoms with Gasteiger partial charge in [-0.3, -0.25) is 0 Å². The lowest BCUT2D eigenvalue weighted by Gasteiger charge is -2.34. The molecular formula is C42H26N2OS2. The molecule has 0 spiro atoms. The number of hydrogen-bond acceptors (Lipinski definition) is 5. The average Bonchev–Trinajstić information content (AvgIpc) is 3.69. The molecule has 47 heavy (non-hydrogen) atoms. The first kappa shape index (κ1) is 26.6. The molecule has 7 aromatic carbocycles. The highest BCUT2D eigenvalue weighted by molar-refractivity contribution is 7.26. The van der Waals surface area contributed by atoms with Gasteiger partial charge in [0.1, 0.15) is 0 Å². The topological polar surface area (TPSA) is 15.7 Å². The van der Waals surface area contributed by atoms with E-state index in [-0.39, 0.29) is 0 Å². The van der Waals surface area contributed by atoms with Crippen LogP contribution in [-0.4, -0.2) is 0 Å². The van der Waals surface area contributed by atoms with Gasteiger partial charge in [0.2, 0.25) is 0 Å². The van der Waals surface area contributed by atoms with Gasteiger partial charge in [-0.25, -0.2) is 0 Å². The summed E-state index contributed by atoms with van der Waals surface area (Å²) in [5.74, 6) is 1.66. The van der Waals surface area contributed by atoms with E-state index in [0.29, 0.717) is 0 Å². The highest BCUT2D eigenvalue weighted by Gasteiger charge is 2.27. The molecule has 9 aromatic rings. The summed E-state index contributed by atoms with van der Waals surface area (Å²) in [6.07, 6.45) is 0. The summed E-state index contributed by atoms with van der Waals surface area (Å²) in [4.78, 5) is 4.65. The Morgan fingerprint density at radius 3 is 1.87 bits per heavy atom. The van der Waals surface area contributed by atoms with Crippen LogP contribution in [0.1, 0.15) is 0 Å². The summed E-state index contributed by atoms with van der Waals surface area (Å²) >= 11 is 3.68. The second-order valence-corrected chi connectivity index (χ2v) is 14.0. The summed E-state index contributed by atoms with van der Waals surface area (Å²) in [5.41, 5.74) is 6.39. The van der Waals surface area contributed by atoms with E-state index in [1.165, 1.54) is 40.3 Å². The van der Waals surface area contributed by atoms with Crippen LogP contribution in [0.4, 0.5) is 34.1 Å². The Balaban J connectivity index is 1.14. The Labute approximate surface area is 279 Å². The molecule has 10 rings (SSSR count). The van der Waals surface area contributed by atoms with Gasteiger partial charge in [0.15, 0.2) is 11.5 Å². The van der Waals surface area contributed by atoms with Gasteiger partial charge in [-0.2, -0.15) is 0 Å². The van der Waals surface area contributed by atoms with E-state index < -0.39 is 0 Å². The lowest BCUT2D eigenvalue weighted by Crippen LogP contribution is -2.16. The lowest BCUT2D eigenvalue weighted by molar-refractivity contribution is 0.477. The monoisotopic (exact) mass is 638 g/mol. The first-order chi connectivity index (χ1) is 23.3. The molecule has 5 heteroatoms. The SMILES string of the molecule is c1ccc(N(c2ccc3c(c2)Oc2ccccc2N3c2ccc3c(c2)sc2ccccc23)c2ccc3sc4ccccc4c3c2)cc1. The molecular weight excluding hydrogens is 613 g/mol. The number of fused-ring (bicyclic) bond motifs is 8. The van der Waals surface area contributed by atoms with Crippen LogP contribution in [0.3, 0.4) is 0 Å². The summed E-state index contributed by atoms with van der Waals surface area (Å²) in [6.45, 7) is 0. The van der Waals surface area contributed by atoms with E-state index >= 15 is 0 Å². The van der Waals surface area contributed by atoms with Gasteiger partial charge in [-0.15, -0.1) is 22.7 Å². The number of nitrogens with zero attached hydrogens (tertiary/aromatic N) is 2. The normalized spacial score (nSPS) is 12.4. The zero-order chi connectivity index (χ0) is 30.9. The molecule has 0 radical (unpaired) electrons. The van der Waals surface area contributed by atoms with E-state index in [4.69, 9.17) is 4.74 Å². The quantitative estimate of drug-likeness (QED) is 0.191. The number of rotatable bonds is 4. The minimum absolute atomic E-state index is 0.820. The van der Waals surface area contributed by atoms with E-state index in [2.05, 4.69) is 161 Å². The molecule has 0 fully saturated rings. The smallest absolute Gasteiger partial charge is 0.153 e. The fraction of sp³-hybridized carbons (Fsp3) is 0. The third kappa shape index (κ3) is 4.24. The number of anilines is 6. The van der Waals surface area contributed by atoms with Crippen molar-refractivity contribution in [3.8, 4) is 11.5 Å². The van der Waals surface area contributed by atoms with Crippen LogP contribution in [-0.2, 0) is 0 Å². The number of thiophene rings is 2. The molecule has 3 heterocycles. The fourth-order valence-electron chi connectivity index (χ4n) is 6.89. The van der Waals surface area contributed by atoms with Gasteiger partial charge in [0, 0.05) is 69.2 Å². The van der Waals surface area contributed by atoms with Crippen LogP contribution >= 0.6 is 22.7 Å². The maximum atomic E-state index is 6.68. The second-order valence-electron chi connectivity index (χ2n) is 11.8. The molecule has 0 saturated heterocycles. The Morgan fingerprint density at radius 1 is 0.404 bits per heavy atom. The van der Waals surface area contributed by atoms with Gasteiger partial charge in [0.05, 0.1) is 11.4 Å². The number of ether oxygens (including phenoxy) is 1. The number of benzene rings is 7. The lowest BCUT2D eigenvalue weighted by atomic mass is 10.1. The van der Waals surface area contributed by atoms with Crippen LogP contribution in [0.15, 0.2) is 158 Å². The molecule has 0 N–H and O–H groups in total. The summed E-state index contributed by atoms with van der Waals surface area (Å²) < 4.78 is 11.9. The molecule has 0 aliphatic carbocycles. The second kappa shape index (κ2) is 10.5. The third-order valence-electron chi connectivity index (χ3n) is 9.02. The fourth-order valence-corrected chi connectivity index (χ4v) is 9.12. The van der Waals surface area contributed by atoms with Crippen molar-refractivity contribution in [2.75, 3.05) is 9.80 Å². The molecule has 0 bridgehead atoms. The average molecular weight is 639 g/mol. The van der Waals surface area contributed by atoms with E-state index in [9.17, 15) is 0 Å². The van der Waals surface area contributed by atoms with Gasteiger partial charge >= 0.3 is 0 Å². The molecule has 1 aliphatic heterocycles. The Hall–Kier alpha value is -5.62. The van der Waals surface area contributed by atoms with Gasteiger partial charge in [0.25, 0.3) is 0 Å². The van der Waals surface area contributed by atoms with Crippen molar-refractivity contribution in [3.05, 3.63) is 158 Å². The predicted molar refractivity (Wildman–Crippen MR) is 202 cm³/mol. The molecule has 0 amide bonds. The maximum absolute atomic E-state index is 6.68. The summed E-state index contributed by atoms with van der Waals surface area (Å²) in [5, 5.41) is 5.16. The molecule has 0 unspecified atom stereocenters. The minimum Gasteiger partial charge on any atom is -0.453 e. The maximum Gasteiger partial charge on any atom is 0.153 e. The third-order valence-corrected chi connectivity index (χ3v) is 11.3. The van der Waals surface area contributed by atoms with Crippen LogP contribution in [0, 0.1) is 0 Å². The van der Waals surface area contributed by atoms with Crippen LogP contribution in [0.5, 0.6) is 11.5 Å². The van der Waals surface area contributed by atoms with E-state index in [0.717, 1.165) is 45.6 Å². The largest absolute Gasteiger partial charge is 0.453 e. The molecule has 0 saturated carbocycles. The highest BCUT2D eigenvalue weighted by atomic mass is 32.1. The number of para-hydroxylation sites is 3. The Bertz CT molecular complexity index is 2640. The zero-order valence-electron chi connectivity index (χ0n) is 25.1. The number of hydrogen-bond donors (Lipinski definition) is 0. The predicted octanol–water partition coefficient (Wildman–Crippen LogP) is 13.5. The molecule has 3 nitrogen and oxygen atoms in total. The summed E-state index contributed by atoms with van der Waals surface area (Å²) in [7, 11) is 0. The molecule has 1 aliphatic rings. The van der Waals surface area contributed by atoms with Crippen molar-refractivity contribution in [2.24, 2.45) is 0 Å². The van der Waals surface area contributed by atoms with Crippen molar-refractivity contribution >= 4 is 97.1 Å². The highest BCUT2D eigenvalue weighted by Crippen LogP contribution is 2.53. The summed E-state index contributed by atoms with van der Waals surface area (Å²) in [6, 6.07) is 56.4. The Morgan fingerprint density at radius 2 is 1.02 bits per heavy atom. The Kier molecular flexibility index (Phi) is 5.92. The minimum atomic E-state index is 0.820. The molecule has 0 atom stereocenters. The van der Waals surface area contributed by atoms with Gasteiger partial charge in [-0.05, 0) is 78.9 Å². The van der Waals surface area contributed by atoms with E-state index in [1.54, 1.807) is 0 Å². The standard InChI is InChI=1S/C42H26N2OS2/c1-2-10-27(11-3-1)43(28-20-23-41-34(24-28)32-13-5-9-17-40(32)46-41)29-19-22-36-38(25-29)45-37-15-7-6-14-35(37)44(36)30-18-21-33-31-12-4-8-16-39(31)47-42(33)26-30/h1-26H. The van der Waals surface area contributed by atoms with Gasteiger partial charge in [-0.1, -0.05) is 72.8 Å². The van der Waals surface area contributed by atoms with Crippen molar-refractivity contribution in [3.63, 3.8) is 0 Å². The first-order valence-electron chi connectivity index (χ1n) is 15.7. The van der Waals surface area contributed by atoms with Crippen molar-refractivity contribution < 1.29 is 4.74 Å².